The molecule has 3 atom stereocenters. The van der Waals surface area contributed by atoms with Crippen molar-refractivity contribution >= 4 is 0 Å². The van der Waals surface area contributed by atoms with E-state index in [-0.39, 0.29) is 0 Å². The molecule has 100 valence electrons. The Morgan fingerprint density at radius 1 is 1.29 bits per heavy atom. The first kappa shape index (κ1) is 13.4. The van der Waals surface area contributed by atoms with Gasteiger partial charge in [0.2, 0.25) is 0 Å². The average Bonchev–Trinajstić information content (AvgIpc) is 2.62. The van der Waals surface area contributed by atoms with Gasteiger partial charge in [-0.1, -0.05) is 20.8 Å². The highest BCUT2D eigenvalue weighted by atomic mass is 15.1. The number of hydrogen-bond donors (Lipinski definition) is 1. The van der Waals surface area contributed by atoms with Crippen LogP contribution in [0.15, 0.2) is 0 Å². The zero-order valence-electron chi connectivity index (χ0n) is 12.1. The molecule has 0 amide bonds. The Bertz CT molecular complexity index is 249. The van der Waals surface area contributed by atoms with Gasteiger partial charge >= 0.3 is 0 Å². The number of likely N-dealkylation sites (tertiary alicyclic amines) is 1. The fourth-order valence-corrected chi connectivity index (χ4v) is 3.76. The first-order valence-corrected chi connectivity index (χ1v) is 7.38. The predicted octanol–water partition coefficient (Wildman–Crippen LogP) is 2.74. The number of nitrogens with zero attached hydrogens (tertiary/aromatic N) is 1. The Labute approximate surface area is 107 Å². The van der Waals surface area contributed by atoms with Crippen LogP contribution in [0.4, 0.5) is 0 Å². The largest absolute Gasteiger partial charge is 0.313 e. The molecule has 0 radical (unpaired) electrons. The summed E-state index contributed by atoms with van der Waals surface area (Å²) in [4.78, 5) is 2.46. The molecule has 0 aromatic carbocycles. The molecule has 1 N–H and O–H groups in total. The fourth-order valence-electron chi connectivity index (χ4n) is 3.76. The Kier molecular flexibility index (Phi) is 4.14. The van der Waals surface area contributed by atoms with Gasteiger partial charge in [0, 0.05) is 12.6 Å². The summed E-state index contributed by atoms with van der Waals surface area (Å²) in [6.07, 6.45) is 5.53. The van der Waals surface area contributed by atoms with Crippen molar-refractivity contribution in [1.82, 2.24) is 10.2 Å². The second-order valence-electron chi connectivity index (χ2n) is 7.32. The third-order valence-corrected chi connectivity index (χ3v) is 4.85. The first-order valence-electron chi connectivity index (χ1n) is 7.38. The molecule has 1 aliphatic carbocycles. The Morgan fingerprint density at radius 3 is 2.65 bits per heavy atom. The van der Waals surface area contributed by atoms with Gasteiger partial charge in [0.25, 0.3) is 0 Å². The zero-order valence-corrected chi connectivity index (χ0v) is 12.1. The highest BCUT2D eigenvalue weighted by Gasteiger charge is 2.32. The Hall–Kier alpha value is -0.0800. The van der Waals surface area contributed by atoms with Gasteiger partial charge in [-0.25, -0.2) is 0 Å². The van der Waals surface area contributed by atoms with Gasteiger partial charge in [-0.3, -0.25) is 0 Å². The molecule has 2 heteroatoms. The molecule has 2 rings (SSSR count). The van der Waals surface area contributed by atoms with E-state index in [1.807, 2.05) is 0 Å². The lowest BCUT2D eigenvalue weighted by Gasteiger charge is -2.40. The maximum absolute atomic E-state index is 3.84. The van der Waals surface area contributed by atoms with E-state index in [1.54, 1.807) is 0 Å². The summed E-state index contributed by atoms with van der Waals surface area (Å²) < 4.78 is 0. The maximum Gasteiger partial charge on any atom is 0.00932 e. The topological polar surface area (TPSA) is 15.3 Å². The number of nitrogens with one attached hydrogen (secondary N) is 1. The van der Waals surface area contributed by atoms with Crippen molar-refractivity contribution < 1.29 is 0 Å². The van der Waals surface area contributed by atoms with Crippen LogP contribution in [0.5, 0.6) is 0 Å². The molecule has 0 aromatic heterocycles. The van der Waals surface area contributed by atoms with E-state index < -0.39 is 0 Å². The summed E-state index contributed by atoms with van der Waals surface area (Å²) in [5.74, 6) is 1.74. The molecule has 2 nitrogen and oxygen atoms in total. The van der Waals surface area contributed by atoms with E-state index in [9.17, 15) is 0 Å². The fraction of sp³-hybridized carbons (Fsp3) is 1.00. The van der Waals surface area contributed by atoms with E-state index in [1.165, 1.54) is 45.3 Å². The van der Waals surface area contributed by atoms with Gasteiger partial charge in [0.05, 0.1) is 0 Å². The normalized spacial score (nSPS) is 38.5. The summed E-state index contributed by atoms with van der Waals surface area (Å²) in [5.41, 5.74) is 0.575. The molecule has 1 saturated carbocycles. The average molecular weight is 238 g/mol. The highest BCUT2D eigenvalue weighted by molar-refractivity contribution is 4.87. The minimum absolute atomic E-state index is 0.575. The van der Waals surface area contributed by atoms with Gasteiger partial charge in [-0.2, -0.15) is 0 Å². The van der Waals surface area contributed by atoms with Crippen molar-refractivity contribution in [2.75, 3.05) is 26.7 Å². The van der Waals surface area contributed by atoms with Crippen molar-refractivity contribution in [3.63, 3.8) is 0 Å². The van der Waals surface area contributed by atoms with Gasteiger partial charge < -0.3 is 10.2 Å². The molecule has 3 unspecified atom stereocenters. The van der Waals surface area contributed by atoms with E-state index >= 15 is 0 Å². The molecule has 1 saturated heterocycles. The summed E-state index contributed by atoms with van der Waals surface area (Å²) in [6.45, 7) is 11.1. The van der Waals surface area contributed by atoms with Crippen LogP contribution in [0, 0.1) is 17.3 Å². The van der Waals surface area contributed by atoms with Crippen molar-refractivity contribution in [2.24, 2.45) is 17.3 Å². The SMILES string of the molecule is CC1CC(C)(C)CCC1NCC1CCN(C)C1. The molecular formula is C15H30N2. The van der Waals surface area contributed by atoms with E-state index in [4.69, 9.17) is 0 Å². The third kappa shape index (κ3) is 3.69. The standard InChI is InChI=1S/C15H30N2/c1-12-9-15(2,3)7-5-14(12)16-10-13-6-8-17(4)11-13/h12-14,16H,5-11H2,1-4H3. The highest BCUT2D eigenvalue weighted by Crippen LogP contribution is 2.38. The van der Waals surface area contributed by atoms with Crippen LogP contribution in [-0.4, -0.2) is 37.6 Å². The van der Waals surface area contributed by atoms with Crippen LogP contribution in [0.25, 0.3) is 0 Å². The summed E-state index contributed by atoms with van der Waals surface area (Å²) in [5, 5.41) is 3.84. The van der Waals surface area contributed by atoms with Crippen molar-refractivity contribution in [3.8, 4) is 0 Å². The molecule has 2 aliphatic rings. The smallest absolute Gasteiger partial charge is 0.00932 e. The number of hydrogen-bond acceptors (Lipinski definition) is 2. The molecule has 2 fully saturated rings. The molecule has 17 heavy (non-hydrogen) atoms. The molecule has 0 bridgehead atoms. The minimum atomic E-state index is 0.575. The predicted molar refractivity (Wildman–Crippen MR) is 74.2 cm³/mol. The first-order chi connectivity index (χ1) is 7.96. The Morgan fingerprint density at radius 2 is 2.06 bits per heavy atom. The van der Waals surface area contributed by atoms with Crippen molar-refractivity contribution in [1.29, 1.82) is 0 Å². The van der Waals surface area contributed by atoms with Crippen LogP contribution in [-0.2, 0) is 0 Å². The molecular weight excluding hydrogens is 208 g/mol. The second-order valence-corrected chi connectivity index (χ2v) is 7.32. The second kappa shape index (κ2) is 5.27. The van der Waals surface area contributed by atoms with Crippen LogP contribution < -0.4 is 5.32 Å². The summed E-state index contributed by atoms with van der Waals surface area (Å²) >= 11 is 0. The van der Waals surface area contributed by atoms with Gasteiger partial charge in [0.1, 0.15) is 0 Å². The molecule has 0 spiro atoms. The lowest BCUT2D eigenvalue weighted by atomic mass is 9.70. The van der Waals surface area contributed by atoms with Crippen LogP contribution in [0.1, 0.15) is 46.5 Å². The van der Waals surface area contributed by atoms with E-state index in [2.05, 4.69) is 38.0 Å². The van der Waals surface area contributed by atoms with Crippen LogP contribution in [0.2, 0.25) is 0 Å². The monoisotopic (exact) mass is 238 g/mol. The van der Waals surface area contributed by atoms with Crippen LogP contribution in [0.3, 0.4) is 0 Å². The van der Waals surface area contributed by atoms with Gasteiger partial charge in [-0.15, -0.1) is 0 Å². The minimum Gasteiger partial charge on any atom is -0.313 e. The molecule has 1 heterocycles. The Balaban J connectivity index is 1.73. The summed E-state index contributed by atoms with van der Waals surface area (Å²) in [6, 6.07) is 0.772. The zero-order chi connectivity index (χ0) is 12.5. The summed E-state index contributed by atoms with van der Waals surface area (Å²) in [7, 11) is 2.24. The van der Waals surface area contributed by atoms with E-state index in [0.29, 0.717) is 5.41 Å². The quantitative estimate of drug-likeness (QED) is 0.813. The maximum atomic E-state index is 3.84. The van der Waals surface area contributed by atoms with Crippen molar-refractivity contribution in [3.05, 3.63) is 0 Å². The molecule has 0 aromatic rings. The molecule has 1 aliphatic heterocycles. The number of rotatable bonds is 3. The van der Waals surface area contributed by atoms with Gasteiger partial charge in [0.15, 0.2) is 0 Å². The van der Waals surface area contributed by atoms with Crippen molar-refractivity contribution in [2.45, 2.75) is 52.5 Å². The lowest BCUT2D eigenvalue weighted by Crippen LogP contribution is -2.43. The van der Waals surface area contributed by atoms with Crippen LogP contribution >= 0.6 is 0 Å². The van der Waals surface area contributed by atoms with E-state index in [0.717, 1.165) is 17.9 Å². The lowest BCUT2D eigenvalue weighted by molar-refractivity contribution is 0.146. The van der Waals surface area contributed by atoms with Gasteiger partial charge in [-0.05, 0) is 63.1 Å². The third-order valence-electron chi connectivity index (χ3n) is 4.85.